The second-order valence-corrected chi connectivity index (χ2v) is 6.59. The predicted molar refractivity (Wildman–Crippen MR) is 82.4 cm³/mol. The molecule has 0 spiro atoms. The van der Waals surface area contributed by atoms with Crippen LogP contribution in [-0.4, -0.2) is 72.6 Å². The normalized spacial score (nSPS) is 32.5. The van der Waals surface area contributed by atoms with E-state index in [2.05, 4.69) is 12.2 Å². The maximum absolute atomic E-state index is 12.8. The fraction of sp³-hybridized carbons (Fsp3) is 0.875. The summed E-state index contributed by atoms with van der Waals surface area (Å²) in [4.78, 5) is 29.0. The van der Waals surface area contributed by atoms with Gasteiger partial charge < -0.3 is 19.9 Å². The lowest BCUT2D eigenvalue weighted by atomic mass is 9.92. The minimum absolute atomic E-state index is 0.105. The van der Waals surface area contributed by atoms with Crippen molar-refractivity contribution in [2.24, 2.45) is 0 Å². The molecule has 3 fully saturated rings. The molecule has 124 valence electrons. The molecule has 3 saturated heterocycles. The Hall–Kier alpha value is -1.14. The highest BCUT2D eigenvalue weighted by atomic mass is 16.5. The van der Waals surface area contributed by atoms with Crippen LogP contribution in [0.3, 0.4) is 0 Å². The van der Waals surface area contributed by atoms with Crippen LogP contribution in [0.2, 0.25) is 0 Å². The van der Waals surface area contributed by atoms with Gasteiger partial charge in [0.15, 0.2) is 0 Å². The summed E-state index contributed by atoms with van der Waals surface area (Å²) in [6.45, 7) is 6.24. The molecule has 3 heterocycles. The van der Waals surface area contributed by atoms with Crippen molar-refractivity contribution in [3.05, 3.63) is 0 Å². The van der Waals surface area contributed by atoms with Gasteiger partial charge >= 0.3 is 0 Å². The van der Waals surface area contributed by atoms with Gasteiger partial charge in [-0.3, -0.25) is 9.59 Å². The lowest BCUT2D eigenvalue weighted by Gasteiger charge is -2.40. The van der Waals surface area contributed by atoms with Crippen molar-refractivity contribution in [3.8, 4) is 0 Å². The minimum atomic E-state index is -0.360. The highest BCUT2D eigenvalue weighted by Gasteiger charge is 2.42. The number of carbonyl (C=O) groups excluding carboxylic acids is 2. The molecular weight excluding hydrogens is 282 g/mol. The number of carbonyl (C=O) groups is 2. The van der Waals surface area contributed by atoms with Gasteiger partial charge in [-0.2, -0.15) is 0 Å². The summed E-state index contributed by atoms with van der Waals surface area (Å²) >= 11 is 0. The van der Waals surface area contributed by atoms with Crippen molar-refractivity contribution in [1.29, 1.82) is 0 Å². The van der Waals surface area contributed by atoms with Crippen LogP contribution in [-0.2, 0) is 14.3 Å². The van der Waals surface area contributed by atoms with Crippen LogP contribution in [0.5, 0.6) is 0 Å². The zero-order chi connectivity index (χ0) is 15.6. The molecule has 0 aliphatic carbocycles. The van der Waals surface area contributed by atoms with Gasteiger partial charge in [0.25, 0.3) is 5.91 Å². The number of nitrogens with zero attached hydrogens (tertiary/aromatic N) is 2. The molecule has 3 rings (SSSR count). The van der Waals surface area contributed by atoms with E-state index in [-0.39, 0.29) is 23.5 Å². The Morgan fingerprint density at radius 2 is 1.91 bits per heavy atom. The van der Waals surface area contributed by atoms with E-state index < -0.39 is 0 Å². The first kappa shape index (κ1) is 15.7. The van der Waals surface area contributed by atoms with Crippen LogP contribution < -0.4 is 5.32 Å². The van der Waals surface area contributed by atoms with E-state index in [0.29, 0.717) is 32.8 Å². The highest BCUT2D eigenvalue weighted by molar-refractivity contribution is 5.87. The number of ether oxygens (including phenoxy) is 1. The summed E-state index contributed by atoms with van der Waals surface area (Å²) in [5, 5.41) is 3.40. The fourth-order valence-electron chi connectivity index (χ4n) is 3.85. The molecule has 0 aromatic heterocycles. The maximum Gasteiger partial charge on any atom is 0.251 e. The molecule has 0 radical (unpaired) electrons. The van der Waals surface area contributed by atoms with Crippen LogP contribution in [0.15, 0.2) is 0 Å². The Morgan fingerprint density at radius 1 is 1.18 bits per heavy atom. The zero-order valence-corrected chi connectivity index (χ0v) is 13.5. The number of nitrogens with one attached hydrogen (secondary N) is 1. The second-order valence-electron chi connectivity index (χ2n) is 6.59. The van der Waals surface area contributed by atoms with Gasteiger partial charge in [-0.15, -0.1) is 0 Å². The van der Waals surface area contributed by atoms with Gasteiger partial charge in [0.1, 0.15) is 6.10 Å². The van der Waals surface area contributed by atoms with E-state index in [0.717, 1.165) is 38.6 Å². The Balaban J connectivity index is 1.55. The van der Waals surface area contributed by atoms with E-state index in [4.69, 9.17) is 4.74 Å². The van der Waals surface area contributed by atoms with E-state index in [1.807, 2.05) is 9.80 Å². The molecule has 22 heavy (non-hydrogen) atoms. The third-order valence-corrected chi connectivity index (χ3v) is 5.34. The summed E-state index contributed by atoms with van der Waals surface area (Å²) in [7, 11) is 0. The first-order chi connectivity index (χ1) is 10.7. The van der Waals surface area contributed by atoms with Crippen LogP contribution in [0.4, 0.5) is 0 Å². The Bertz CT molecular complexity index is 420. The van der Waals surface area contributed by atoms with Gasteiger partial charge in [0, 0.05) is 32.8 Å². The second kappa shape index (κ2) is 6.54. The van der Waals surface area contributed by atoms with Crippen molar-refractivity contribution in [2.45, 2.75) is 50.7 Å². The molecule has 0 aromatic carbocycles. The number of rotatable bonds is 3. The fourth-order valence-corrected chi connectivity index (χ4v) is 3.85. The maximum atomic E-state index is 12.8. The summed E-state index contributed by atoms with van der Waals surface area (Å²) in [5.41, 5.74) is -0.360. The summed E-state index contributed by atoms with van der Waals surface area (Å²) < 4.78 is 5.48. The summed E-state index contributed by atoms with van der Waals surface area (Å²) in [5.74, 6) is 0.325. The van der Waals surface area contributed by atoms with Crippen LogP contribution in [0, 0.1) is 0 Å². The molecule has 1 N–H and O–H groups in total. The van der Waals surface area contributed by atoms with Crippen molar-refractivity contribution in [2.75, 3.05) is 39.3 Å². The van der Waals surface area contributed by atoms with Gasteiger partial charge in [0.2, 0.25) is 5.91 Å². The largest absolute Gasteiger partial charge is 0.368 e. The van der Waals surface area contributed by atoms with Crippen molar-refractivity contribution < 1.29 is 14.3 Å². The SMILES string of the molecule is CCC1(C(=O)N2CCN(C(=O)C3CCCO3)CC2)CCCN1. The highest BCUT2D eigenvalue weighted by Crippen LogP contribution is 2.26. The number of hydrogen-bond donors (Lipinski definition) is 1. The predicted octanol–water partition coefficient (Wildman–Crippen LogP) is 0.368. The molecule has 2 unspecified atom stereocenters. The molecular formula is C16H27N3O3. The number of hydrogen-bond acceptors (Lipinski definition) is 4. The molecule has 0 bridgehead atoms. The molecule has 0 saturated carbocycles. The van der Waals surface area contributed by atoms with Crippen molar-refractivity contribution in [1.82, 2.24) is 15.1 Å². The van der Waals surface area contributed by atoms with Gasteiger partial charge in [-0.05, 0) is 38.6 Å². The van der Waals surface area contributed by atoms with Crippen molar-refractivity contribution >= 4 is 11.8 Å². The monoisotopic (exact) mass is 309 g/mol. The summed E-state index contributed by atoms with van der Waals surface area (Å²) in [6.07, 6.45) is 4.39. The molecule has 2 amide bonds. The molecule has 3 aliphatic heterocycles. The minimum Gasteiger partial charge on any atom is -0.368 e. The van der Waals surface area contributed by atoms with Crippen LogP contribution >= 0.6 is 0 Å². The lowest BCUT2D eigenvalue weighted by molar-refractivity contribution is -0.148. The quantitative estimate of drug-likeness (QED) is 0.818. The molecule has 6 nitrogen and oxygen atoms in total. The molecule has 6 heteroatoms. The Kier molecular flexibility index (Phi) is 4.68. The van der Waals surface area contributed by atoms with Gasteiger partial charge in [-0.25, -0.2) is 0 Å². The van der Waals surface area contributed by atoms with E-state index >= 15 is 0 Å². The lowest BCUT2D eigenvalue weighted by Crippen LogP contribution is -2.60. The Morgan fingerprint density at radius 3 is 2.45 bits per heavy atom. The van der Waals surface area contributed by atoms with Crippen LogP contribution in [0.1, 0.15) is 39.0 Å². The number of amides is 2. The van der Waals surface area contributed by atoms with E-state index in [9.17, 15) is 9.59 Å². The van der Waals surface area contributed by atoms with Crippen molar-refractivity contribution in [3.63, 3.8) is 0 Å². The Labute approximate surface area is 132 Å². The third kappa shape index (κ3) is 2.86. The van der Waals surface area contributed by atoms with Gasteiger partial charge in [-0.1, -0.05) is 6.92 Å². The van der Waals surface area contributed by atoms with Crippen LogP contribution in [0.25, 0.3) is 0 Å². The first-order valence-electron chi connectivity index (χ1n) is 8.61. The number of piperazine rings is 1. The smallest absolute Gasteiger partial charge is 0.251 e. The molecule has 3 aliphatic rings. The first-order valence-corrected chi connectivity index (χ1v) is 8.61. The standard InChI is InChI=1S/C16H27N3O3/c1-2-16(6-4-7-17-16)15(21)19-10-8-18(9-11-19)14(20)13-5-3-12-22-13/h13,17H,2-12H2,1H3. The van der Waals surface area contributed by atoms with E-state index in [1.54, 1.807) is 0 Å². The van der Waals surface area contributed by atoms with E-state index in [1.165, 1.54) is 0 Å². The molecule has 2 atom stereocenters. The topological polar surface area (TPSA) is 61.9 Å². The van der Waals surface area contributed by atoms with Gasteiger partial charge in [0.05, 0.1) is 5.54 Å². The third-order valence-electron chi connectivity index (χ3n) is 5.34. The zero-order valence-electron chi connectivity index (χ0n) is 13.5. The molecule has 0 aromatic rings. The summed E-state index contributed by atoms with van der Waals surface area (Å²) in [6, 6.07) is 0. The average Bonchev–Trinajstić information content (AvgIpc) is 3.25. The average molecular weight is 309 g/mol.